The molecule has 1 saturated heterocycles. The van der Waals surface area contributed by atoms with E-state index in [1.54, 1.807) is 0 Å². The molecule has 2 N–H and O–H groups in total. The van der Waals surface area contributed by atoms with Gasteiger partial charge in [-0.25, -0.2) is 9.98 Å². The van der Waals surface area contributed by atoms with Crippen LogP contribution in [0, 0.1) is 5.92 Å². The standard InChI is InChI=1S/C25H40N6O/c1-4-23(5-2)24(31-12-14-32-15-13-31)18-29-25(27-6-3)28-17-21-8-7-9-22(16-21)19-30-11-10-26-20-30/h7-11,16,20,23-24H,4-6,12-15,17-19H2,1-3H3,(H2,27,28,29). The summed E-state index contributed by atoms with van der Waals surface area (Å²) in [7, 11) is 0. The number of hydrogen-bond donors (Lipinski definition) is 2. The van der Waals surface area contributed by atoms with Crippen LogP contribution >= 0.6 is 0 Å². The largest absolute Gasteiger partial charge is 0.379 e. The SMILES string of the molecule is CCNC(=NCc1cccc(Cn2ccnc2)c1)NCC(C(CC)CC)N1CCOCC1. The molecule has 7 nitrogen and oxygen atoms in total. The van der Waals surface area contributed by atoms with Gasteiger partial charge in [-0.05, 0) is 24.0 Å². The van der Waals surface area contributed by atoms with E-state index in [9.17, 15) is 0 Å². The Morgan fingerprint density at radius 1 is 1.12 bits per heavy atom. The minimum atomic E-state index is 0.497. The Morgan fingerprint density at radius 2 is 1.91 bits per heavy atom. The molecule has 176 valence electrons. The molecule has 1 fully saturated rings. The molecule has 2 heterocycles. The maximum atomic E-state index is 5.59. The molecule has 1 aliphatic heterocycles. The van der Waals surface area contributed by atoms with E-state index in [1.807, 2.05) is 18.7 Å². The Balaban J connectivity index is 1.63. The molecule has 1 unspecified atom stereocenters. The smallest absolute Gasteiger partial charge is 0.191 e. The van der Waals surface area contributed by atoms with Gasteiger partial charge in [0.05, 0.1) is 26.1 Å². The minimum absolute atomic E-state index is 0.497. The Hall–Kier alpha value is -2.38. The first-order valence-electron chi connectivity index (χ1n) is 12.1. The zero-order valence-electron chi connectivity index (χ0n) is 20.0. The molecule has 7 heteroatoms. The van der Waals surface area contributed by atoms with Crippen LogP contribution in [-0.4, -0.2) is 65.8 Å². The Labute approximate surface area is 193 Å². The van der Waals surface area contributed by atoms with Gasteiger partial charge in [-0.3, -0.25) is 4.90 Å². The summed E-state index contributed by atoms with van der Waals surface area (Å²) in [4.78, 5) is 11.6. The van der Waals surface area contributed by atoms with Crippen LogP contribution in [-0.2, 0) is 17.8 Å². The van der Waals surface area contributed by atoms with Crippen LogP contribution in [0.15, 0.2) is 48.0 Å². The zero-order valence-corrected chi connectivity index (χ0v) is 20.0. The monoisotopic (exact) mass is 440 g/mol. The first-order valence-corrected chi connectivity index (χ1v) is 12.1. The van der Waals surface area contributed by atoms with Crippen molar-refractivity contribution in [3.63, 3.8) is 0 Å². The summed E-state index contributed by atoms with van der Waals surface area (Å²) in [5.41, 5.74) is 2.47. The molecule has 1 aromatic heterocycles. The van der Waals surface area contributed by atoms with E-state index in [4.69, 9.17) is 9.73 Å². The van der Waals surface area contributed by atoms with Crippen LogP contribution in [0.4, 0.5) is 0 Å². The van der Waals surface area contributed by atoms with Crippen molar-refractivity contribution >= 4 is 5.96 Å². The van der Waals surface area contributed by atoms with Crippen LogP contribution in [0.1, 0.15) is 44.7 Å². The lowest BCUT2D eigenvalue weighted by Crippen LogP contribution is -2.53. The maximum absolute atomic E-state index is 5.59. The highest BCUT2D eigenvalue weighted by molar-refractivity contribution is 5.79. The van der Waals surface area contributed by atoms with E-state index in [1.165, 1.54) is 24.0 Å². The van der Waals surface area contributed by atoms with Crippen LogP contribution in [0.25, 0.3) is 0 Å². The van der Waals surface area contributed by atoms with E-state index in [0.29, 0.717) is 18.5 Å². The molecular weight excluding hydrogens is 400 g/mol. The van der Waals surface area contributed by atoms with E-state index >= 15 is 0 Å². The van der Waals surface area contributed by atoms with Crippen molar-refractivity contribution in [2.45, 2.75) is 52.7 Å². The van der Waals surface area contributed by atoms with E-state index < -0.39 is 0 Å². The molecule has 0 spiro atoms. The molecule has 0 radical (unpaired) electrons. The number of guanidine groups is 1. The normalized spacial score (nSPS) is 16.3. The molecule has 1 atom stereocenters. The Kier molecular flexibility index (Phi) is 10.0. The fourth-order valence-electron chi connectivity index (χ4n) is 4.47. The first-order chi connectivity index (χ1) is 15.7. The van der Waals surface area contributed by atoms with Crippen molar-refractivity contribution in [2.24, 2.45) is 10.9 Å². The second kappa shape index (κ2) is 13.2. The summed E-state index contributed by atoms with van der Waals surface area (Å²) in [6, 6.07) is 9.13. The molecule has 0 saturated carbocycles. The number of ether oxygens (including phenoxy) is 1. The third-order valence-corrected chi connectivity index (χ3v) is 6.27. The van der Waals surface area contributed by atoms with Gasteiger partial charge in [0.2, 0.25) is 0 Å². The number of hydrogen-bond acceptors (Lipinski definition) is 4. The van der Waals surface area contributed by atoms with Gasteiger partial charge < -0.3 is 19.9 Å². The number of aromatic nitrogens is 2. The molecule has 0 amide bonds. The van der Waals surface area contributed by atoms with E-state index in [2.05, 4.69) is 70.1 Å². The minimum Gasteiger partial charge on any atom is -0.379 e. The van der Waals surface area contributed by atoms with Gasteiger partial charge in [0.1, 0.15) is 0 Å². The van der Waals surface area contributed by atoms with Gasteiger partial charge in [0.15, 0.2) is 5.96 Å². The molecule has 32 heavy (non-hydrogen) atoms. The van der Waals surface area contributed by atoms with Crippen molar-refractivity contribution < 1.29 is 4.74 Å². The lowest BCUT2D eigenvalue weighted by Gasteiger charge is -2.39. The Bertz CT molecular complexity index is 797. The van der Waals surface area contributed by atoms with E-state index in [-0.39, 0.29) is 0 Å². The summed E-state index contributed by atoms with van der Waals surface area (Å²) in [5.74, 6) is 1.56. The van der Waals surface area contributed by atoms with Crippen molar-refractivity contribution in [3.8, 4) is 0 Å². The summed E-state index contributed by atoms with van der Waals surface area (Å²) >= 11 is 0. The number of nitrogens with one attached hydrogen (secondary N) is 2. The number of aliphatic imine (C=N–C) groups is 1. The first kappa shape index (κ1) is 24.3. The fourth-order valence-corrected chi connectivity index (χ4v) is 4.47. The lowest BCUT2D eigenvalue weighted by atomic mass is 9.92. The highest BCUT2D eigenvalue weighted by Crippen LogP contribution is 2.19. The van der Waals surface area contributed by atoms with Crippen molar-refractivity contribution in [2.75, 3.05) is 39.4 Å². The summed E-state index contributed by atoms with van der Waals surface area (Å²) in [6.45, 7) is 13.6. The van der Waals surface area contributed by atoms with Gasteiger partial charge in [0.25, 0.3) is 0 Å². The molecule has 0 bridgehead atoms. The molecule has 0 aliphatic carbocycles. The second-order valence-electron chi connectivity index (χ2n) is 8.42. The van der Waals surface area contributed by atoms with Crippen molar-refractivity contribution in [3.05, 3.63) is 54.1 Å². The predicted molar refractivity (Wildman–Crippen MR) is 131 cm³/mol. The summed E-state index contributed by atoms with van der Waals surface area (Å²) < 4.78 is 7.67. The van der Waals surface area contributed by atoms with Gasteiger partial charge in [-0.1, -0.05) is 51.0 Å². The highest BCUT2D eigenvalue weighted by Gasteiger charge is 2.27. The average Bonchev–Trinajstić information content (AvgIpc) is 3.34. The topological polar surface area (TPSA) is 66.7 Å². The molecule has 2 aromatic rings. The lowest BCUT2D eigenvalue weighted by molar-refractivity contribution is 0.00272. The summed E-state index contributed by atoms with van der Waals surface area (Å²) in [5, 5.41) is 7.05. The van der Waals surface area contributed by atoms with Crippen molar-refractivity contribution in [1.29, 1.82) is 0 Å². The van der Waals surface area contributed by atoms with Gasteiger partial charge in [-0.15, -0.1) is 0 Å². The quantitative estimate of drug-likeness (QED) is 0.415. The van der Waals surface area contributed by atoms with Crippen molar-refractivity contribution in [1.82, 2.24) is 25.1 Å². The average molecular weight is 441 g/mol. The third kappa shape index (κ3) is 7.35. The fraction of sp³-hybridized carbons (Fsp3) is 0.600. The molecule has 3 rings (SSSR count). The molecule has 1 aliphatic rings. The van der Waals surface area contributed by atoms with E-state index in [0.717, 1.165) is 51.9 Å². The molecular formula is C25H40N6O. The molecule has 1 aromatic carbocycles. The van der Waals surface area contributed by atoms with Crippen LogP contribution in [0.5, 0.6) is 0 Å². The van der Waals surface area contributed by atoms with Gasteiger partial charge >= 0.3 is 0 Å². The third-order valence-electron chi connectivity index (χ3n) is 6.27. The van der Waals surface area contributed by atoms with Gasteiger partial charge in [0, 0.05) is 51.2 Å². The van der Waals surface area contributed by atoms with Crippen LogP contribution in [0.3, 0.4) is 0 Å². The number of benzene rings is 1. The Morgan fingerprint density at radius 3 is 2.59 bits per heavy atom. The number of morpholine rings is 1. The number of imidazole rings is 1. The number of nitrogens with zero attached hydrogens (tertiary/aromatic N) is 4. The zero-order chi connectivity index (χ0) is 22.6. The number of rotatable bonds is 11. The highest BCUT2D eigenvalue weighted by atomic mass is 16.5. The van der Waals surface area contributed by atoms with Crippen LogP contribution in [0.2, 0.25) is 0 Å². The summed E-state index contributed by atoms with van der Waals surface area (Å²) in [6.07, 6.45) is 8.04. The second-order valence-corrected chi connectivity index (χ2v) is 8.42. The van der Waals surface area contributed by atoms with Crippen LogP contribution < -0.4 is 10.6 Å². The maximum Gasteiger partial charge on any atom is 0.191 e. The van der Waals surface area contributed by atoms with Gasteiger partial charge in [-0.2, -0.15) is 0 Å². The predicted octanol–water partition coefficient (Wildman–Crippen LogP) is 3.12.